The lowest BCUT2D eigenvalue weighted by molar-refractivity contribution is 0.260. The Kier molecular flexibility index (Phi) is 2.81. The van der Waals surface area contributed by atoms with Crippen molar-refractivity contribution in [3.05, 3.63) is 24.0 Å². The highest BCUT2D eigenvalue weighted by Crippen LogP contribution is 2.42. The first-order valence-corrected chi connectivity index (χ1v) is 7.03. The molecule has 1 saturated heterocycles. The van der Waals surface area contributed by atoms with Crippen molar-refractivity contribution in [2.24, 2.45) is 5.92 Å². The van der Waals surface area contributed by atoms with Crippen LogP contribution in [0.25, 0.3) is 0 Å². The van der Waals surface area contributed by atoms with Crippen LogP contribution < -0.4 is 10.2 Å². The number of rotatable bonds is 2. The molecule has 2 fully saturated rings. The van der Waals surface area contributed by atoms with E-state index in [1.165, 1.54) is 18.5 Å². The van der Waals surface area contributed by atoms with E-state index in [-0.39, 0.29) is 5.54 Å². The summed E-state index contributed by atoms with van der Waals surface area (Å²) in [5.74, 6) is 0.865. The molecule has 0 bridgehead atoms. The Morgan fingerprint density at radius 1 is 1.44 bits per heavy atom. The Labute approximate surface area is 110 Å². The van der Waals surface area contributed by atoms with Crippen molar-refractivity contribution in [3.63, 3.8) is 0 Å². The first-order valence-electron chi connectivity index (χ1n) is 7.03. The molecule has 1 aromatic heterocycles. The number of anilines is 1. The SMILES string of the molecule is Cc1ncccc1N1CC(C)(C2CC2)NCC1C. The van der Waals surface area contributed by atoms with Gasteiger partial charge in [0.2, 0.25) is 0 Å². The van der Waals surface area contributed by atoms with E-state index in [2.05, 4.69) is 42.0 Å². The van der Waals surface area contributed by atoms with E-state index in [1.54, 1.807) is 0 Å². The molecule has 2 aliphatic rings. The minimum absolute atomic E-state index is 0.286. The number of hydrogen-bond donors (Lipinski definition) is 1. The van der Waals surface area contributed by atoms with E-state index >= 15 is 0 Å². The van der Waals surface area contributed by atoms with Gasteiger partial charge in [0, 0.05) is 30.9 Å². The van der Waals surface area contributed by atoms with E-state index in [0.29, 0.717) is 6.04 Å². The smallest absolute Gasteiger partial charge is 0.0605 e. The highest BCUT2D eigenvalue weighted by Gasteiger charge is 2.45. The van der Waals surface area contributed by atoms with Gasteiger partial charge in [0.15, 0.2) is 0 Å². The summed E-state index contributed by atoms with van der Waals surface area (Å²) < 4.78 is 0. The fourth-order valence-corrected chi connectivity index (χ4v) is 3.15. The van der Waals surface area contributed by atoms with Crippen LogP contribution in [0.4, 0.5) is 5.69 Å². The molecule has 2 unspecified atom stereocenters. The van der Waals surface area contributed by atoms with E-state index in [4.69, 9.17) is 0 Å². The second-order valence-corrected chi connectivity index (χ2v) is 6.16. The number of pyridine rings is 1. The number of nitrogens with zero attached hydrogens (tertiary/aromatic N) is 2. The molecule has 3 nitrogen and oxygen atoms in total. The lowest BCUT2D eigenvalue weighted by atomic mass is 9.90. The van der Waals surface area contributed by atoms with Gasteiger partial charge in [0.25, 0.3) is 0 Å². The summed E-state index contributed by atoms with van der Waals surface area (Å²) >= 11 is 0. The van der Waals surface area contributed by atoms with Crippen LogP contribution in [0.1, 0.15) is 32.4 Å². The van der Waals surface area contributed by atoms with Crippen molar-refractivity contribution in [1.29, 1.82) is 0 Å². The van der Waals surface area contributed by atoms with E-state index < -0.39 is 0 Å². The van der Waals surface area contributed by atoms with Gasteiger partial charge in [-0.3, -0.25) is 4.98 Å². The van der Waals surface area contributed by atoms with Gasteiger partial charge >= 0.3 is 0 Å². The molecule has 2 atom stereocenters. The summed E-state index contributed by atoms with van der Waals surface area (Å²) in [7, 11) is 0. The fraction of sp³-hybridized carbons (Fsp3) is 0.667. The summed E-state index contributed by atoms with van der Waals surface area (Å²) in [4.78, 5) is 6.97. The molecular formula is C15H23N3. The van der Waals surface area contributed by atoms with Crippen molar-refractivity contribution in [1.82, 2.24) is 10.3 Å². The Hall–Kier alpha value is -1.09. The molecule has 0 radical (unpaired) electrons. The molecule has 18 heavy (non-hydrogen) atoms. The molecule has 0 amide bonds. The molecule has 98 valence electrons. The van der Waals surface area contributed by atoms with Crippen LogP contribution in [0.5, 0.6) is 0 Å². The zero-order chi connectivity index (χ0) is 12.8. The maximum atomic E-state index is 4.43. The maximum Gasteiger partial charge on any atom is 0.0605 e. The van der Waals surface area contributed by atoms with Crippen molar-refractivity contribution in [3.8, 4) is 0 Å². The number of nitrogens with one attached hydrogen (secondary N) is 1. The maximum absolute atomic E-state index is 4.43. The Morgan fingerprint density at radius 3 is 2.89 bits per heavy atom. The normalized spacial score (nSPS) is 32.6. The monoisotopic (exact) mass is 245 g/mol. The summed E-state index contributed by atoms with van der Waals surface area (Å²) in [5.41, 5.74) is 2.73. The summed E-state index contributed by atoms with van der Waals surface area (Å²) in [6.45, 7) is 8.96. The Balaban J connectivity index is 1.87. The van der Waals surface area contributed by atoms with Gasteiger partial charge in [-0.25, -0.2) is 0 Å². The van der Waals surface area contributed by atoms with Gasteiger partial charge in [0.05, 0.1) is 11.4 Å². The third-order valence-electron chi connectivity index (χ3n) is 4.60. The number of aromatic nitrogens is 1. The topological polar surface area (TPSA) is 28.2 Å². The van der Waals surface area contributed by atoms with Crippen molar-refractivity contribution in [2.45, 2.75) is 45.2 Å². The first-order chi connectivity index (χ1) is 8.60. The van der Waals surface area contributed by atoms with Gasteiger partial charge in [-0.15, -0.1) is 0 Å². The van der Waals surface area contributed by atoms with Gasteiger partial charge in [0.1, 0.15) is 0 Å². The van der Waals surface area contributed by atoms with E-state index in [0.717, 1.165) is 24.7 Å². The lowest BCUT2D eigenvalue weighted by Crippen LogP contribution is -2.63. The molecule has 0 aromatic carbocycles. The average molecular weight is 245 g/mol. The fourth-order valence-electron chi connectivity index (χ4n) is 3.15. The molecule has 1 aromatic rings. The van der Waals surface area contributed by atoms with E-state index in [1.807, 2.05) is 12.3 Å². The van der Waals surface area contributed by atoms with Gasteiger partial charge in [-0.2, -0.15) is 0 Å². The van der Waals surface area contributed by atoms with Gasteiger partial charge in [-0.1, -0.05) is 0 Å². The summed E-state index contributed by atoms with van der Waals surface area (Å²) in [6, 6.07) is 4.79. The van der Waals surface area contributed by atoms with Crippen LogP contribution in [-0.2, 0) is 0 Å². The van der Waals surface area contributed by atoms with Crippen LogP contribution in [0.2, 0.25) is 0 Å². The summed E-state index contributed by atoms with van der Waals surface area (Å²) in [5, 5.41) is 3.76. The molecule has 3 heteroatoms. The second kappa shape index (κ2) is 4.23. The molecule has 1 N–H and O–H groups in total. The van der Waals surface area contributed by atoms with Crippen molar-refractivity contribution in [2.75, 3.05) is 18.0 Å². The van der Waals surface area contributed by atoms with Crippen molar-refractivity contribution < 1.29 is 0 Å². The van der Waals surface area contributed by atoms with Gasteiger partial charge in [-0.05, 0) is 51.7 Å². The quantitative estimate of drug-likeness (QED) is 0.867. The molecular weight excluding hydrogens is 222 g/mol. The first kappa shape index (κ1) is 12.0. The largest absolute Gasteiger partial charge is 0.364 e. The predicted octanol–water partition coefficient (Wildman–Crippen LogP) is 2.36. The standard InChI is InChI=1S/C15H23N3/c1-11-9-17-15(3,13-6-7-13)10-18(11)14-5-4-8-16-12(14)2/h4-5,8,11,13,17H,6-7,9-10H2,1-3H3. The van der Waals surface area contributed by atoms with Gasteiger partial charge < -0.3 is 10.2 Å². The van der Waals surface area contributed by atoms with Crippen LogP contribution >= 0.6 is 0 Å². The minimum atomic E-state index is 0.286. The van der Waals surface area contributed by atoms with Crippen LogP contribution in [0.15, 0.2) is 18.3 Å². The predicted molar refractivity (Wildman–Crippen MR) is 74.9 cm³/mol. The summed E-state index contributed by atoms with van der Waals surface area (Å²) in [6.07, 6.45) is 4.65. The molecule has 2 heterocycles. The zero-order valence-electron chi connectivity index (χ0n) is 11.6. The highest BCUT2D eigenvalue weighted by molar-refractivity contribution is 5.52. The Bertz CT molecular complexity index is 441. The van der Waals surface area contributed by atoms with E-state index in [9.17, 15) is 0 Å². The molecule has 1 saturated carbocycles. The number of hydrogen-bond acceptors (Lipinski definition) is 3. The minimum Gasteiger partial charge on any atom is -0.364 e. The number of aryl methyl sites for hydroxylation is 1. The molecule has 1 aliphatic carbocycles. The third kappa shape index (κ3) is 2.01. The second-order valence-electron chi connectivity index (χ2n) is 6.16. The molecule has 3 rings (SSSR count). The lowest BCUT2D eigenvalue weighted by Gasteiger charge is -2.47. The highest BCUT2D eigenvalue weighted by atomic mass is 15.3. The van der Waals surface area contributed by atoms with Crippen molar-refractivity contribution >= 4 is 5.69 Å². The number of piperazine rings is 1. The van der Waals surface area contributed by atoms with Crippen LogP contribution in [-0.4, -0.2) is 29.7 Å². The Morgan fingerprint density at radius 2 is 2.22 bits per heavy atom. The third-order valence-corrected chi connectivity index (χ3v) is 4.60. The van der Waals surface area contributed by atoms with Crippen LogP contribution in [0, 0.1) is 12.8 Å². The molecule has 0 spiro atoms. The average Bonchev–Trinajstić information content (AvgIpc) is 3.18. The molecule has 1 aliphatic heterocycles. The van der Waals surface area contributed by atoms with Crippen LogP contribution in [0.3, 0.4) is 0 Å². The zero-order valence-corrected chi connectivity index (χ0v) is 11.6.